The lowest BCUT2D eigenvalue weighted by Gasteiger charge is -1.99. The molecule has 2 unspecified atom stereocenters. The third kappa shape index (κ3) is 0.645. The first-order valence-electron chi connectivity index (χ1n) is 3.28. The zero-order chi connectivity index (χ0) is 6.27. The molecule has 0 aliphatic carbocycles. The third-order valence-electron chi connectivity index (χ3n) is 2.04. The van der Waals surface area contributed by atoms with E-state index in [1.54, 1.807) is 0 Å². The summed E-state index contributed by atoms with van der Waals surface area (Å²) in [4.78, 5) is 10.8. The van der Waals surface area contributed by atoms with Crippen molar-refractivity contribution in [1.82, 2.24) is 5.32 Å². The predicted molar refractivity (Wildman–Crippen MR) is 30.9 cm³/mol. The Hall–Kier alpha value is -0.570. The van der Waals surface area contributed by atoms with Gasteiger partial charge >= 0.3 is 5.97 Å². The van der Waals surface area contributed by atoms with E-state index in [4.69, 9.17) is 4.74 Å². The van der Waals surface area contributed by atoms with Gasteiger partial charge in [0.1, 0.15) is 6.04 Å². The van der Waals surface area contributed by atoms with Gasteiger partial charge in [0.05, 0.1) is 6.61 Å². The molecule has 2 saturated heterocycles. The van der Waals surface area contributed by atoms with Gasteiger partial charge in [0.15, 0.2) is 0 Å². The van der Waals surface area contributed by atoms with Gasteiger partial charge in [0, 0.05) is 5.92 Å². The second-order valence-electron chi connectivity index (χ2n) is 2.61. The molecule has 0 aromatic rings. The molecule has 0 radical (unpaired) electrons. The van der Waals surface area contributed by atoms with Crippen molar-refractivity contribution < 1.29 is 9.53 Å². The summed E-state index contributed by atoms with van der Waals surface area (Å²) in [6.07, 6.45) is 1.09. The summed E-state index contributed by atoms with van der Waals surface area (Å²) in [5.74, 6) is 0.412. The first-order chi connectivity index (χ1) is 4.38. The van der Waals surface area contributed by atoms with Crippen LogP contribution in [0.25, 0.3) is 0 Å². The van der Waals surface area contributed by atoms with Crippen LogP contribution in [0.1, 0.15) is 6.42 Å². The van der Waals surface area contributed by atoms with E-state index in [1.807, 2.05) is 0 Å². The van der Waals surface area contributed by atoms with Gasteiger partial charge in [0.2, 0.25) is 0 Å². The number of fused-ring (bicyclic) bond motifs is 1. The van der Waals surface area contributed by atoms with Crippen molar-refractivity contribution in [3.63, 3.8) is 0 Å². The normalized spacial score (nSPS) is 40.7. The van der Waals surface area contributed by atoms with Crippen LogP contribution >= 0.6 is 0 Å². The molecule has 1 N–H and O–H groups in total. The summed E-state index contributed by atoms with van der Waals surface area (Å²) in [5.41, 5.74) is 0. The number of nitrogens with one attached hydrogen (secondary N) is 1. The fourth-order valence-electron chi connectivity index (χ4n) is 1.49. The Balaban J connectivity index is 2.15. The molecule has 50 valence electrons. The first-order valence-corrected chi connectivity index (χ1v) is 3.28. The maximum atomic E-state index is 10.8. The number of hydrogen-bond acceptors (Lipinski definition) is 3. The van der Waals surface area contributed by atoms with Crippen LogP contribution in [-0.2, 0) is 9.53 Å². The SMILES string of the molecule is O=C1OCC2CCNC12. The molecule has 0 amide bonds. The van der Waals surface area contributed by atoms with E-state index >= 15 is 0 Å². The van der Waals surface area contributed by atoms with Crippen molar-refractivity contribution in [3.05, 3.63) is 0 Å². The molecule has 0 aromatic carbocycles. The minimum Gasteiger partial charge on any atom is -0.464 e. The topological polar surface area (TPSA) is 38.3 Å². The van der Waals surface area contributed by atoms with Crippen LogP contribution in [0.15, 0.2) is 0 Å². The van der Waals surface area contributed by atoms with Gasteiger partial charge in [-0.15, -0.1) is 0 Å². The summed E-state index contributed by atoms with van der Waals surface area (Å²) in [6.45, 7) is 1.61. The molecule has 2 fully saturated rings. The van der Waals surface area contributed by atoms with Crippen LogP contribution < -0.4 is 5.32 Å². The Labute approximate surface area is 53.4 Å². The Bertz CT molecular complexity index is 146. The molecule has 3 nitrogen and oxygen atoms in total. The highest BCUT2D eigenvalue weighted by Crippen LogP contribution is 2.22. The number of rotatable bonds is 0. The lowest BCUT2D eigenvalue weighted by atomic mass is 10.1. The highest BCUT2D eigenvalue weighted by Gasteiger charge is 2.39. The highest BCUT2D eigenvalue weighted by molar-refractivity contribution is 5.78. The molecular weight excluding hydrogens is 118 g/mol. The van der Waals surface area contributed by atoms with Crippen LogP contribution in [0.2, 0.25) is 0 Å². The number of carbonyl (C=O) groups excluding carboxylic acids is 1. The number of esters is 1. The van der Waals surface area contributed by atoms with E-state index in [-0.39, 0.29) is 12.0 Å². The number of ether oxygens (including phenoxy) is 1. The molecular formula is C6H9NO2. The monoisotopic (exact) mass is 127 g/mol. The number of carbonyl (C=O) groups is 1. The van der Waals surface area contributed by atoms with Gasteiger partial charge in [-0.1, -0.05) is 0 Å². The largest absolute Gasteiger partial charge is 0.464 e. The third-order valence-corrected chi connectivity index (χ3v) is 2.04. The molecule has 2 heterocycles. The standard InChI is InChI=1S/C6H9NO2/c8-6-5-4(3-9-6)1-2-7-5/h4-5,7H,1-3H2. The lowest BCUT2D eigenvalue weighted by Crippen LogP contribution is -2.30. The molecule has 0 saturated carbocycles. The van der Waals surface area contributed by atoms with Gasteiger partial charge in [0.25, 0.3) is 0 Å². The average Bonchev–Trinajstić information content (AvgIpc) is 2.35. The Morgan fingerprint density at radius 2 is 2.56 bits per heavy atom. The van der Waals surface area contributed by atoms with Crippen LogP contribution in [0.5, 0.6) is 0 Å². The van der Waals surface area contributed by atoms with E-state index in [9.17, 15) is 4.79 Å². The minimum absolute atomic E-state index is 0.0324. The maximum Gasteiger partial charge on any atom is 0.323 e. The Morgan fingerprint density at radius 1 is 1.67 bits per heavy atom. The molecule has 2 atom stereocenters. The number of cyclic esters (lactones) is 1. The fourth-order valence-corrected chi connectivity index (χ4v) is 1.49. The van der Waals surface area contributed by atoms with Gasteiger partial charge in [-0.3, -0.25) is 4.79 Å². The highest BCUT2D eigenvalue weighted by atomic mass is 16.5. The molecule has 2 aliphatic heterocycles. The van der Waals surface area contributed by atoms with Crippen molar-refractivity contribution in [2.24, 2.45) is 5.92 Å². The molecule has 9 heavy (non-hydrogen) atoms. The smallest absolute Gasteiger partial charge is 0.323 e. The molecule has 3 heteroatoms. The van der Waals surface area contributed by atoms with Crippen molar-refractivity contribution in [2.75, 3.05) is 13.2 Å². The van der Waals surface area contributed by atoms with Crippen molar-refractivity contribution in [2.45, 2.75) is 12.5 Å². The van der Waals surface area contributed by atoms with Gasteiger partial charge < -0.3 is 10.1 Å². The Kier molecular flexibility index (Phi) is 0.990. The number of hydrogen-bond donors (Lipinski definition) is 1. The summed E-state index contributed by atoms with van der Waals surface area (Å²) < 4.78 is 4.82. The predicted octanol–water partition coefficient (Wildman–Crippen LogP) is -0.479. The molecule has 2 aliphatic rings. The van der Waals surface area contributed by atoms with Crippen molar-refractivity contribution in [1.29, 1.82) is 0 Å². The maximum absolute atomic E-state index is 10.8. The summed E-state index contributed by atoms with van der Waals surface area (Å²) in [5, 5.41) is 3.09. The minimum atomic E-state index is -0.0579. The van der Waals surface area contributed by atoms with Gasteiger partial charge in [-0.2, -0.15) is 0 Å². The van der Waals surface area contributed by atoms with E-state index in [1.165, 1.54) is 0 Å². The quantitative estimate of drug-likeness (QED) is 0.447. The summed E-state index contributed by atoms with van der Waals surface area (Å²) in [7, 11) is 0. The van der Waals surface area contributed by atoms with Crippen LogP contribution in [0, 0.1) is 5.92 Å². The molecule has 0 bridgehead atoms. The first kappa shape index (κ1) is 5.23. The second-order valence-corrected chi connectivity index (χ2v) is 2.61. The molecule has 0 spiro atoms. The average molecular weight is 127 g/mol. The van der Waals surface area contributed by atoms with Crippen LogP contribution in [0.4, 0.5) is 0 Å². The van der Waals surface area contributed by atoms with E-state index in [0.717, 1.165) is 13.0 Å². The van der Waals surface area contributed by atoms with Crippen LogP contribution in [-0.4, -0.2) is 25.2 Å². The van der Waals surface area contributed by atoms with Crippen molar-refractivity contribution >= 4 is 5.97 Å². The fraction of sp³-hybridized carbons (Fsp3) is 0.833. The molecule has 2 rings (SSSR count). The van der Waals surface area contributed by atoms with Gasteiger partial charge in [-0.25, -0.2) is 0 Å². The van der Waals surface area contributed by atoms with E-state index in [2.05, 4.69) is 5.32 Å². The summed E-state index contributed by atoms with van der Waals surface area (Å²) in [6, 6.07) is 0.0324. The summed E-state index contributed by atoms with van der Waals surface area (Å²) >= 11 is 0. The zero-order valence-electron chi connectivity index (χ0n) is 5.09. The van der Waals surface area contributed by atoms with Crippen molar-refractivity contribution in [3.8, 4) is 0 Å². The zero-order valence-corrected chi connectivity index (χ0v) is 5.09. The van der Waals surface area contributed by atoms with Gasteiger partial charge in [-0.05, 0) is 13.0 Å². The lowest BCUT2D eigenvalue weighted by molar-refractivity contribution is -0.139. The van der Waals surface area contributed by atoms with E-state index in [0.29, 0.717) is 12.5 Å². The second kappa shape index (κ2) is 1.70. The van der Waals surface area contributed by atoms with E-state index < -0.39 is 0 Å². The van der Waals surface area contributed by atoms with Crippen LogP contribution in [0.3, 0.4) is 0 Å². The molecule has 0 aromatic heterocycles. The Morgan fingerprint density at radius 3 is 3.33 bits per heavy atom.